The molecular formula is C20H34O4. The first-order valence-corrected chi connectivity index (χ1v) is 9.88. The molecule has 0 aromatic rings. The average molecular weight is 338 g/mol. The lowest BCUT2D eigenvalue weighted by Gasteiger charge is -2.66. The van der Waals surface area contributed by atoms with Crippen LogP contribution in [0, 0.1) is 34.0 Å². The van der Waals surface area contributed by atoms with Gasteiger partial charge in [-0.05, 0) is 80.0 Å². The molecule has 0 aromatic heterocycles. The van der Waals surface area contributed by atoms with Crippen molar-refractivity contribution in [2.24, 2.45) is 34.0 Å². The van der Waals surface area contributed by atoms with E-state index in [9.17, 15) is 20.4 Å². The highest BCUT2D eigenvalue weighted by Gasteiger charge is 2.70. The molecule has 4 heteroatoms. The van der Waals surface area contributed by atoms with Crippen LogP contribution in [0.5, 0.6) is 0 Å². The van der Waals surface area contributed by atoms with Crippen molar-refractivity contribution in [1.29, 1.82) is 0 Å². The van der Waals surface area contributed by atoms with Crippen molar-refractivity contribution < 1.29 is 20.4 Å². The molecule has 0 heterocycles. The molecule has 4 fully saturated rings. The molecule has 3 unspecified atom stereocenters. The zero-order valence-electron chi connectivity index (χ0n) is 15.2. The van der Waals surface area contributed by atoms with Gasteiger partial charge in [-0.3, -0.25) is 0 Å². The first-order valence-electron chi connectivity index (χ1n) is 9.88. The average Bonchev–Trinajstić information content (AvgIpc) is 2.93. The lowest BCUT2D eigenvalue weighted by atomic mass is 9.39. The second-order valence-corrected chi connectivity index (χ2v) is 10.0. The third-order valence-electron chi connectivity index (χ3n) is 9.54. The van der Waals surface area contributed by atoms with E-state index in [1.165, 1.54) is 0 Å². The summed E-state index contributed by atoms with van der Waals surface area (Å²) in [6.07, 6.45) is 7.33. The Morgan fingerprint density at radius 3 is 2.33 bits per heavy atom. The van der Waals surface area contributed by atoms with Gasteiger partial charge in [-0.25, -0.2) is 0 Å². The Labute approximate surface area is 145 Å². The summed E-state index contributed by atoms with van der Waals surface area (Å²) in [7, 11) is 0. The van der Waals surface area contributed by atoms with Gasteiger partial charge in [-0.15, -0.1) is 0 Å². The summed E-state index contributed by atoms with van der Waals surface area (Å²) in [4.78, 5) is 0. The minimum atomic E-state index is -0.886. The summed E-state index contributed by atoms with van der Waals surface area (Å²) in [5.41, 5.74) is -0.949. The molecule has 2 bridgehead atoms. The molecule has 0 radical (unpaired) electrons. The molecule has 4 rings (SSSR count). The molecule has 4 saturated carbocycles. The van der Waals surface area contributed by atoms with Crippen LogP contribution in [0.25, 0.3) is 0 Å². The summed E-state index contributed by atoms with van der Waals surface area (Å²) < 4.78 is 0. The molecule has 0 saturated heterocycles. The largest absolute Gasteiger partial charge is 0.396 e. The molecule has 4 aliphatic carbocycles. The van der Waals surface area contributed by atoms with E-state index in [0.717, 1.165) is 44.9 Å². The number of fused-ring (bicyclic) bond motifs is 2. The van der Waals surface area contributed by atoms with Crippen molar-refractivity contribution in [3.8, 4) is 0 Å². The monoisotopic (exact) mass is 338 g/mol. The van der Waals surface area contributed by atoms with Crippen LogP contribution in [-0.2, 0) is 0 Å². The standard InChI is InChI=1S/C20H34O4/c1-17(11-21)15-4-3-13-9-14-10-19(13,7-8-20(14,24)12-22)18(15,2)6-5-16(17)23/h13-16,21-24H,3-12H2,1-2H3/t13-,14?,15-,16+,17?,18-,19?,20-/m0/s1. The van der Waals surface area contributed by atoms with Gasteiger partial charge in [0.1, 0.15) is 0 Å². The third kappa shape index (κ3) is 1.84. The molecule has 4 aliphatic rings. The minimum absolute atomic E-state index is 0.0547. The fraction of sp³-hybridized carbons (Fsp3) is 1.00. The quantitative estimate of drug-likeness (QED) is 0.621. The number of rotatable bonds is 2. The van der Waals surface area contributed by atoms with E-state index in [2.05, 4.69) is 13.8 Å². The fourth-order valence-corrected chi connectivity index (χ4v) is 7.93. The first kappa shape index (κ1) is 17.3. The number of aliphatic hydroxyl groups excluding tert-OH is 3. The SMILES string of the molecule is CC1(CO)[C@H](O)CC[C@@]2(C)[C@H]1CC[C@H]1CC3CC12CC[C@]3(O)CO. The van der Waals surface area contributed by atoms with E-state index >= 15 is 0 Å². The van der Waals surface area contributed by atoms with Gasteiger partial charge in [-0.2, -0.15) is 0 Å². The van der Waals surface area contributed by atoms with E-state index in [4.69, 9.17) is 0 Å². The number of hydrogen-bond donors (Lipinski definition) is 4. The van der Waals surface area contributed by atoms with Gasteiger partial charge in [-0.1, -0.05) is 13.8 Å². The minimum Gasteiger partial charge on any atom is -0.396 e. The van der Waals surface area contributed by atoms with Crippen LogP contribution >= 0.6 is 0 Å². The van der Waals surface area contributed by atoms with Crippen molar-refractivity contribution in [3.05, 3.63) is 0 Å². The summed E-state index contributed by atoms with van der Waals surface area (Å²) in [6, 6.07) is 0. The van der Waals surface area contributed by atoms with Crippen molar-refractivity contribution in [2.75, 3.05) is 13.2 Å². The Morgan fingerprint density at radius 1 is 0.917 bits per heavy atom. The van der Waals surface area contributed by atoms with Crippen molar-refractivity contribution in [3.63, 3.8) is 0 Å². The lowest BCUT2D eigenvalue weighted by molar-refractivity contribution is -0.216. The predicted octanol–water partition coefficient (Wildman–Crippen LogP) is 2.09. The zero-order chi connectivity index (χ0) is 17.4. The Morgan fingerprint density at radius 2 is 1.67 bits per heavy atom. The van der Waals surface area contributed by atoms with Crippen LogP contribution in [0.4, 0.5) is 0 Å². The Balaban J connectivity index is 1.74. The summed E-state index contributed by atoms with van der Waals surface area (Å²) in [5, 5.41) is 41.3. The zero-order valence-corrected chi connectivity index (χ0v) is 15.2. The highest BCUT2D eigenvalue weighted by atomic mass is 16.3. The molecule has 138 valence electrons. The van der Waals surface area contributed by atoms with Gasteiger partial charge < -0.3 is 20.4 Å². The van der Waals surface area contributed by atoms with Crippen LogP contribution in [-0.4, -0.2) is 45.3 Å². The molecule has 0 aromatic carbocycles. The van der Waals surface area contributed by atoms with Gasteiger partial charge in [0.05, 0.1) is 24.9 Å². The van der Waals surface area contributed by atoms with Crippen LogP contribution in [0.15, 0.2) is 0 Å². The van der Waals surface area contributed by atoms with Gasteiger partial charge in [0, 0.05) is 5.41 Å². The second kappa shape index (κ2) is 5.18. The van der Waals surface area contributed by atoms with E-state index in [1.807, 2.05) is 0 Å². The molecule has 8 atom stereocenters. The predicted molar refractivity (Wildman–Crippen MR) is 91.2 cm³/mol. The smallest absolute Gasteiger partial charge is 0.0905 e. The molecular weight excluding hydrogens is 304 g/mol. The summed E-state index contributed by atoms with van der Waals surface area (Å²) >= 11 is 0. The Kier molecular flexibility index (Phi) is 3.73. The van der Waals surface area contributed by atoms with Gasteiger partial charge >= 0.3 is 0 Å². The van der Waals surface area contributed by atoms with Crippen molar-refractivity contribution >= 4 is 0 Å². The molecule has 0 amide bonds. The number of aliphatic hydroxyl groups is 4. The van der Waals surface area contributed by atoms with Crippen LogP contribution in [0.1, 0.15) is 65.2 Å². The Hall–Kier alpha value is -0.160. The van der Waals surface area contributed by atoms with Crippen LogP contribution < -0.4 is 0 Å². The molecule has 0 aliphatic heterocycles. The molecule has 24 heavy (non-hydrogen) atoms. The summed E-state index contributed by atoms with van der Waals surface area (Å²) in [6.45, 7) is 4.43. The third-order valence-corrected chi connectivity index (χ3v) is 9.54. The molecule has 4 nitrogen and oxygen atoms in total. The van der Waals surface area contributed by atoms with Crippen molar-refractivity contribution in [2.45, 2.75) is 76.9 Å². The van der Waals surface area contributed by atoms with E-state index in [0.29, 0.717) is 18.3 Å². The van der Waals surface area contributed by atoms with E-state index in [1.54, 1.807) is 0 Å². The fourth-order valence-electron chi connectivity index (χ4n) is 7.93. The second-order valence-electron chi connectivity index (χ2n) is 10.0. The number of hydrogen-bond acceptors (Lipinski definition) is 4. The van der Waals surface area contributed by atoms with Crippen LogP contribution in [0.3, 0.4) is 0 Å². The van der Waals surface area contributed by atoms with Gasteiger partial charge in [0.15, 0.2) is 0 Å². The van der Waals surface area contributed by atoms with E-state index < -0.39 is 17.1 Å². The molecule has 1 spiro atoms. The topological polar surface area (TPSA) is 80.9 Å². The van der Waals surface area contributed by atoms with Gasteiger partial charge in [0.2, 0.25) is 0 Å². The van der Waals surface area contributed by atoms with Gasteiger partial charge in [0.25, 0.3) is 0 Å². The summed E-state index contributed by atoms with van der Waals surface area (Å²) in [5.74, 6) is 1.18. The normalized spacial score (nSPS) is 59.8. The highest BCUT2D eigenvalue weighted by molar-refractivity contribution is 5.19. The maximum absolute atomic E-state index is 10.9. The van der Waals surface area contributed by atoms with Crippen LogP contribution in [0.2, 0.25) is 0 Å². The van der Waals surface area contributed by atoms with Crippen molar-refractivity contribution in [1.82, 2.24) is 0 Å². The van der Waals surface area contributed by atoms with E-state index in [-0.39, 0.29) is 30.0 Å². The maximum atomic E-state index is 10.9. The Bertz CT molecular complexity index is 524. The molecule has 4 N–H and O–H groups in total. The first-order chi connectivity index (χ1) is 11.3. The maximum Gasteiger partial charge on any atom is 0.0905 e. The lowest BCUT2D eigenvalue weighted by Crippen LogP contribution is -2.63. The highest BCUT2D eigenvalue weighted by Crippen LogP contribution is 2.75.